The van der Waals surface area contributed by atoms with Crippen LogP contribution in [0.15, 0.2) is 0 Å². The van der Waals surface area contributed by atoms with Gasteiger partial charge in [0, 0.05) is 25.4 Å². The number of carbonyl (C=O) groups is 7. The Balaban J connectivity index is 6.47. The molecule has 0 saturated carbocycles. The predicted octanol–water partition coefficient (Wildman–Crippen LogP) is -2.95. The van der Waals surface area contributed by atoms with Crippen molar-refractivity contribution in [1.29, 1.82) is 0 Å². The van der Waals surface area contributed by atoms with Crippen molar-refractivity contribution in [3.05, 3.63) is 0 Å². The summed E-state index contributed by atoms with van der Waals surface area (Å²) in [4.78, 5) is 89.9. The summed E-state index contributed by atoms with van der Waals surface area (Å²) < 4.78 is 5.35. The van der Waals surface area contributed by atoms with Crippen molar-refractivity contribution in [2.75, 3.05) is 24.8 Å². The molecule has 0 heterocycles. The van der Waals surface area contributed by atoms with E-state index in [1.807, 2.05) is 0 Å². The number of hydrogen-bond donors (Lipinski definition) is 9. The van der Waals surface area contributed by atoms with E-state index >= 15 is 0 Å². The summed E-state index contributed by atoms with van der Waals surface area (Å²) in [5.41, 5.74) is 4.27. The molecule has 44 heavy (non-hydrogen) atoms. The normalized spacial score (nSPS) is 15.2. The average molecular weight is 668 g/mol. The number of nitrogens with two attached hydrogens (primary N) is 1. The van der Waals surface area contributed by atoms with E-state index in [1.54, 1.807) is 20.8 Å². The number of hydrogen-bond acceptors (Lipinski definition) is 12. The summed E-state index contributed by atoms with van der Waals surface area (Å²) in [6.07, 6.45) is -3.97. The standard InChI is InChI=1S/C25H45N7O10S2/c1-12(33)18(20(26)37)29-21(38)16(8-43)31(10-27-14(3)35)23(40)19(13(2)34)30-22(39)17(9-44)32(11-28-15(4)36)24(41)42-25(5,6)7/h12-13,16-19,33-34,43-44H,8-11H2,1-7H3,(H2,26,37)(H,27,35)(H,28,36)(H,29,38)(H,30,39)/t12-,13-,16+,17+,18+,19+/m1/s1. The lowest BCUT2D eigenvalue weighted by Gasteiger charge is -2.36. The number of rotatable bonds is 16. The molecule has 7 amide bonds. The van der Waals surface area contributed by atoms with Crippen LogP contribution in [-0.4, -0.2) is 128 Å². The fraction of sp³-hybridized carbons (Fsp3) is 0.720. The van der Waals surface area contributed by atoms with Crippen LogP contribution in [0.2, 0.25) is 0 Å². The summed E-state index contributed by atoms with van der Waals surface area (Å²) in [7, 11) is 0. The minimum absolute atomic E-state index is 0.309. The van der Waals surface area contributed by atoms with Crippen molar-refractivity contribution < 1.29 is 48.5 Å². The molecular weight excluding hydrogens is 622 g/mol. The third-order valence-corrected chi connectivity index (χ3v) is 6.44. The maximum Gasteiger partial charge on any atom is 0.412 e. The van der Waals surface area contributed by atoms with Gasteiger partial charge in [-0.25, -0.2) is 4.79 Å². The zero-order valence-electron chi connectivity index (χ0n) is 25.8. The topological polar surface area (TPSA) is 250 Å². The molecule has 0 aliphatic rings. The van der Waals surface area contributed by atoms with Crippen LogP contribution in [0.25, 0.3) is 0 Å². The van der Waals surface area contributed by atoms with Crippen LogP contribution in [0.1, 0.15) is 48.5 Å². The summed E-state index contributed by atoms with van der Waals surface area (Å²) in [5, 5.41) is 29.7. The largest absolute Gasteiger partial charge is 0.444 e. The molecule has 0 fully saturated rings. The smallest absolute Gasteiger partial charge is 0.412 e. The van der Waals surface area contributed by atoms with E-state index in [0.717, 1.165) is 16.7 Å². The van der Waals surface area contributed by atoms with E-state index in [1.165, 1.54) is 20.8 Å². The van der Waals surface area contributed by atoms with Crippen molar-refractivity contribution in [2.45, 2.75) is 90.4 Å². The Kier molecular flexibility index (Phi) is 17.1. The van der Waals surface area contributed by atoms with Crippen LogP contribution in [0.5, 0.6) is 0 Å². The molecule has 0 aliphatic heterocycles. The van der Waals surface area contributed by atoms with E-state index in [9.17, 15) is 43.8 Å². The molecule has 0 rings (SSSR count). The maximum atomic E-state index is 13.8. The Morgan fingerprint density at radius 1 is 0.773 bits per heavy atom. The highest BCUT2D eigenvalue weighted by molar-refractivity contribution is 7.80. The lowest BCUT2D eigenvalue weighted by Crippen LogP contribution is -2.64. The third-order valence-electron chi connectivity index (χ3n) is 5.74. The number of primary amides is 1. The van der Waals surface area contributed by atoms with Gasteiger partial charge in [0.15, 0.2) is 0 Å². The molecule has 0 aromatic carbocycles. The highest BCUT2D eigenvalue weighted by Crippen LogP contribution is 2.14. The van der Waals surface area contributed by atoms with Gasteiger partial charge in [0.2, 0.25) is 35.4 Å². The maximum absolute atomic E-state index is 13.8. The Morgan fingerprint density at radius 3 is 1.50 bits per heavy atom. The molecular formula is C25H45N7O10S2. The Hall–Kier alpha value is -3.29. The van der Waals surface area contributed by atoms with E-state index in [0.29, 0.717) is 0 Å². The molecule has 0 aromatic heterocycles. The van der Waals surface area contributed by atoms with Crippen molar-refractivity contribution >= 4 is 66.8 Å². The Morgan fingerprint density at radius 2 is 1.16 bits per heavy atom. The zero-order valence-corrected chi connectivity index (χ0v) is 27.6. The predicted molar refractivity (Wildman–Crippen MR) is 164 cm³/mol. The van der Waals surface area contributed by atoms with Crippen molar-refractivity contribution in [1.82, 2.24) is 31.1 Å². The number of amides is 7. The number of aliphatic hydroxyl groups is 2. The Bertz CT molecular complexity index is 1050. The average Bonchev–Trinajstić information content (AvgIpc) is 2.87. The van der Waals surface area contributed by atoms with Crippen molar-refractivity contribution in [2.24, 2.45) is 5.73 Å². The highest BCUT2D eigenvalue weighted by Gasteiger charge is 2.40. The summed E-state index contributed by atoms with van der Waals surface area (Å²) in [5.74, 6) is -5.89. The molecule has 0 bridgehead atoms. The molecule has 8 N–H and O–H groups in total. The van der Waals surface area contributed by atoms with Crippen LogP contribution in [-0.2, 0) is 33.5 Å². The van der Waals surface area contributed by atoms with Gasteiger partial charge in [0.25, 0.3) is 0 Å². The summed E-state index contributed by atoms with van der Waals surface area (Å²) >= 11 is 8.28. The van der Waals surface area contributed by atoms with Gasteiger partial charge in [-0.05, 0) is 34.6 Å². The van der Waals surface area contributed by atoms with Crippen LogP contribution < -0.4 is 27.0 Å². The van der Waals surface area contributed by atoms with Crippen LogP contribution >= 0.6 is 25.3 Å². The van der Waals surface area contributed by atoms with Gasteiger partial charge < -0.3 is 46.9 Å². The van der Waals surface area contributed by atoms with Gasteiger partial charge in [-0.3, -0.25) is 33.7 Å². The first-order valence-corrected chi connectivity index (χ1v) is 14.7. The third kappa shape index (κ3) is 13.6. The van der Waals surface area contributed by atoms with E-state index in [4.69, 9.17) is 10.5 Å². The van der Waals surface area contributed by atoms with Crippen molar-refractivity contribution in [3.63, 3.8) is 0 Å². The first kappa shape index (κ1) is 40.7. The molecule has 17 nitrogen and oxygen atoms in total. The van der Waals surface area contributed by atoms with Gasteiger partial charge in [-0.15, -0.1) is 0 Å². The number of nitrogens with one attached hydrogen (secondary N) is 4. The number of thiol groups is 2. The van der Waals surface area contributed by atoms with Gasteiger partial charge >= 0.3 is 6.09 Å². The minimum atomic E-state index is -1.75. The van der Waals surface area contributed by atoms with Crippen LogP contribution in [0.3, 0.4) is 0 Å². The summed E-state index contributed by atoms with van der Waals surface area (Å²) in [6, 6.07) is -6.22. The molecule has 6 atom stereocenters. The van der Waals surface area contributed by atoms with Crippen LogP contribution in [0, 0.1) is 0 Å². The first-order chi connectivity index (χ1) is 20.2. The summed E-state index contributed by atoms with van der Waals surface area (Å²) in [6.45, 7) is 8.41. The lowest BCUT2D eigenvalue weighted by atomic mass is 10.1. The number of ether oxygens (including phenoxy) is 1. The number of nitrogens with zero attached hydrogens (tertiary/aromatic N) is 2. The van der Waals surface area contributed by atoms with Gasteiger partial charge in [-0.1, -0.05) is 0 Å². The monoisotopic (exact) mass is 667 g/mol. The fourth-order valence-electron chi connectivity index (χ4n) is 3.50. The number of aliphatic hydroxyl groups excluding tert-OH is 2. The quantitative estimate of drug-likeness (QED) is 0.0598. The SMILES string of the molecule is CC(=O)NCN(C(=O)OC(C)(C)C)[C@@H](CS)C(=O)N[C@H](C(=O)N(CNC(C)=O)[C@@H](CS)C(=O)N[C@H](C(N)=O)[C@@H](C)O)[C@@H](C)O. The molecule has 0 saturated heterocycles. The molecule has 252 valence electrons. The van der Waals surface area contributed by atoms with Crippen molar-refractivity contribution in [3.8, 4) is 0 Å². The van der Waals surface area contributed by atoms with E-state index in [2.05, 4.69) is 46.5 Å². The van der Waals surface area contributed by atoms with Crippen LogP contribution in [0.4, 0.5) is 4.79 Å². The lowest BCUT2D eigenvalue weighted by molar-refractivity contribution is -0.147. The van der Waals surface area contributed by atoms with E-state index in [-0.39, 0.29) is 11.5 Å². The molecule has 0 spiro atoms. The number of carbonyl (C=O) groups excluding carboxylic acids is 7. The Labute approximate surface area is 267 Å². The van der Waals surface area contributed by atoms with Gasteiger partial charge in [-0.2, -0.15) is 25.3 Å². The second-order valence-corrected chi connectivity index (χ2v) is 11.5. The van der Waals surface area contributed by atoms with Gasteiger partial charge in [0.05, 0.1) is 25.5 Å². The highest BCUT2D eigenvalue weighted by atomic mass is 32.1. The first-order valence-electron chi connectivity index (χ1n) is 13.4. The molecule has 0 unspecified atom stereocenters. The van der Waals surface area contributed by atoms with Gasteiger partial charge in [0.1, 0.15) is 29.8 Å². The minimum Gasteiger partial charge on any atom is -0.444 e. The second kappa shape index (κ2) is 18.5. The fourth-order valence-corrected chi connectivity index (χ4v) is 4.22. The molecule has 0 aromatic rings. The molecule has 0 radical (unpaired) electrons. The second-order valence-electron chi connectivity index (χ2n) is 10.8. The van der Waals surface area contributed by atoms with E-state index < -0.39 is 96.9 Å². The molecule has 0 aliphatic carbocycles. The molecule has 19 heteroatoms. The zero-order chi connectivity index (χ0) is 34.5.